The third-order valence-electron chi connectivity index (χ3n) is 5.44. The van der Waals surface area contributed by atoms with Crippen molar-refractivity contribution >= 4 is 23.4 Å². The van der Waals surface area contributed by atoms with Crippen LogP contribution in [0.5, 0.6) is 0 Å². The molecule has 0 aromatic rings. The van der Waals surface area contributed by atoms with Crippen molar-refractivity contribution in [3.05, 3.63) is 0 Å². The van der Waals surface area contributed by atoms with E-state index in [1.54, 1.807) is 9.80 Å². The Hall–Kier alpha value is -1.10. The normalized spacial score (nSPS) is 33.9. The second kappa shape index (κ2) is 8.50. The second-order valence-electron chi connectivity index (χ2n) is 7.29. The van der Waals surface area contributed by atoms with Crippen LogP contribution < -0.4 is 10.9 Å². The average Bonchev–Trinajstić information content (AvgIpc) is 2.57. The summed E-state index contributed by atoms with van der Waals surface area (Å²) in [4.78, 5) is 27.9. The molecule has 3 fully saturated rings. The smallest absolute Gasteiger partial charge is 0.340 e. The predicted octanol–water partition coefficient (Wildman–Crippen LogP) is 0.836. The summed E-state index contributed by atoms with van der Waals surface area (Å²) in [5.41, 5.74) is 5.21. The van der Waals surface area contributed by atoms with Crippen molar-refractivity contribution in [1.29, 1.82) is 0 Å². The third kappa shape index (κ3) is 5.24. The van der Waals surface area contributed by atoms with E-state index in [1.807, 2.05) is 0 Å². The lowest BCUT2D eigenvalue weighted by molar-refractivity contribution is -0.351. The molecule has 1 aliphatic carbocycles. The van der Waals surface area contributed by atoms with Crippen LogP contribution >= 0.6 is 11.6 Å². The summed E-state index contributed by atoms with van der Waals surface area (Å²) in [5, 5.41) is -0.457. The number of carbonyl (C=O) groups excluding carboxylic acids is 2. The summed E-state index contributed by atoms with van der Waals surface area (Å²) in [5.74, 6) is -0.819. The standard InChI is InChI=1S/C16H24ClF3N4O3/c17-11-7-21-22-15(26)14(11)24-6-5-23(13(25)9-24)8-10-3-1-2-4-12(10)27-16(18,19)20/h10-12,14,21H,1-9H2,(H,22,26). The Labute approximate surface area is 160 Å². The molecule has 2 N–H and O–H groups in total. The number of nitrogens with zero attached hydrogens (tertiary/aromatic N) is 2. The quantitative estimate of drug-likeness (QED) is 0.669. The van der Waals surface area contributed by atoms with Gasteiger partial charge in [-0.25, -0.2) is 5.43 Å². The van der Waals surface area contributed by atoms with Gasteiger partial charge in [0.2, 0.25) is 5.91 Å². The van der Waals surface area contributed by atoms with Gasteiger partial charge in [-0.15, -0.1) is 24.8 Å². The molecule has 27 heavy (non-hydrogen) atoms. The van der Waals surface area contributed by atoms with Crippen LogP contribution in [0.2, 0.25) is 0 Å². The Bertz CT molecular complexity index is 566. The van der Waals surface area contributed by atoms with Crippen molar-refractivity contribution in [2.24, 2.45) is 5.92 Å². The number of ether oxygens (including phenoxy) is 1. The van der Waals surface area contributed by atoms with Gasteiger partial charge in [-0.3, -0.25) is 24.7 Å². The van der Waals surface area contributed by atoms with Crippen LogP contribution in [-0.2, 0) is 14.3 Å². The van der Waals surface area contributed by atoms with Crippen molar-refractivity contribution in [2.45, 2.75) is 49.6 Å². The van der Waals surface area contributed by atoms with Crippen LogP contribution in [0.15, 0.2) is 0 Å². The molecule has 3 aliphatic rings. The van der Waals surface area contributed by atoms with Gasteiger partial charge in [0.1, 0.15) is 6.04 Å². The minimum Gasteiger partial charge on any atom is -0.340 e. The molecule has 1 saturated carbocycles. The number of nitrogens with one attached hydrogen (secondary N) is 2. The van der Waals surface area contributed by atoms with Gasteiger partial charge in [0.25, 0.3) is 5.91 Å². The molecule has 3 rings (SSSR count). The molecule has 0 aromatic carbocycles. The zero-order valence-electron chi connectivity index (χ0n) is 14.8. The minimum atomic E-state index is -4.67. The van der Waals surface area contributed by atoms with Gasteiger partial charge < -0.3 is 4.90 Å². The first-order valence-corrected chi connectivity index (χ1v) is 9.61. The molecule has 0 spiro atoms. The highest BCUT2D eigenvalue weighted by Crippen LogP contribution is 2.33. The first kappa shape index (κ1) is 20.6. The minimum absolute atomic E-state index is 0.0266. The molecule has 0 bridgehead atoms. The van der Waals surface area contributed by atoms with E-state index >= 15 is 0 Å². The van der Waals surface area contributed by atoms with Gasteiger partial charge in [0.15, 0.2) is 0 Å². The van der Waals surface area contributed by atoms with Crippen molar-refractivity contribution < 1.29 is 27.5 Å². The molecule has 2 aliphatic heterocycles. The summed E-state index contributed by atoms with van der Waals surface area (Å²) < 4.78 is 42.2. The molecule has 2 amide bonds. The number of halogens is 4. The number of piperazine rings is 1. The van der Waals surface area contributed by atoms with Crippen molar-refractivity contribution in [1.82, 2.24) is 20.7 Å². The fourth-order valence-corrected chi connectivity index (χ4v) is 4.48. The molecule has 7 nitrogen and oxygen atoms in total. The number of hydrogen-bond donors (Lipinski definition) is 2. The average molecular weight is 413 g/mol. The number of amides is 2. The Morgan fingerprint density at radius 2 is 1.93 bits per heavy atom. The van der Waals surface area contributed by atoms with Gasteiger partial charge in [-0.1, -0.05) is 12.8 Å². The fraction of sp³-hybridized carbons (Fsp3) is 0.875. The molecule has 0 aromatic heterocycles. The van der Waals surface area contributed by atoms with Gasteiger partial charge in [-0.05, 0) is 12.8 Å². The van der Waals surface area contributed by atoms with Gasteiger partial charge in [0.05, 0.1) is 18.0 Å². The zero-order chi connectivity index (χ0) is 19.6. The van der Waals surface area contributed by atoms with Gasteiger partial charge >= 0.3 is 6.36 Å². The Morgan fingerprint density at radius 1 is 1.19 bits per heavy atom. The van der Waals surface area contributed by atoms with Crippen LogP contribution in [0.1, 0.15) is 25.7 Å². The summed E-state index contributed by atoms with van der Waals surface area (Å²) in [6, 6.07) is -0.602. The van der Waals surface area contributed by atoms with E-state index in [0.29, 0.717) is 38.9 Å². The maximum absolute atomic E-state index is 12.6. The summed E-state index contributed by atoms with van der Waals surface area (Å²) >= 11 is 6.22. The van der Waals surface area contributed by atoms with E-state index < -0.39 is 23.9 Å². The molecule has 0 radical (unpaired) electrons. The molecule has 11 heteroatoms. The van der Waals surface area contributed by atoms with E-state index in [9.17, 15) is 22.8 Å². The Kier molecular flexibility index (Phi) is 6.50. The Balaban J connectivity index is 1.58. The molecule has 154 valence electrons. The van der Waals surface area contributed by atoms with E-state index in [1.165, 1.54) is 0 Å². The SMILES string of the molecule is O=C1NNCC(Cl)C1N1CCN(CC2CCCCC2OC(F)(F)F)C(=O)C1. The zero-order valence-corrected chi connectivity index (χ0v) is 15.6. The topological polar surface area (TPSA) is 73.9 Å². The first-order valence-electron chi connectivity index (χ1n) is 9.18. The maximum atomic E-state index is 12.6. The number of carbonyl (C=O) groups is 2. The van der Waals surface area contributed by atoms with Crippen LogP contribution in [0.3, 0.4) is 0 Å². The molecule has 4 atom stereocenters. The number of hydrogen-bond acceptors (Lipinski definition) is 5. The van der Waals surface area contributed by atoms with Crippen LogP contribution in [-0.4, -0.2) is 78.2 Å². The van der Waals surface area contributed by atoms with Crippen molar-refractivity contribution in [3.8, 4) is 0 Å². The second-order valence-corrected chi connectivity index (χ2v) is 7.85. The van der Waals surface area contributed by atoms with Crippen LogP contribution in [0, 0.1) is 5.92 Å². The van der Waals surface area contributed by atoms with E-state index in [2.05, 4.69) is 15.6 Å². The van der Waals surface area contributed by atoms with Gasteiger partial charge in [0, 0.05) is 32.1 Å². The lowest BCUT2D eigenvalue weighted by Crippen LogP contribution is -2.66. The number of alkyl halides is 4. The van der Waals surface area contributed by atoms with E-state index in [-0.39, 0.29) is 30.8 Å². The van der Waals surface area contributed by atoms with Crippen LogP contribution in [0.25, 0.3) is 0 Å². The summed E-state index contributed by atoms with van der Waals surface area (Å²) in [7, 11) is 0. The third-order valence-corrected chi connectivity index (χ3v) is 5.83. The number of hydrazine groups is 1. The Morgan fingerprint density at radius 3 is 2.59 bits per heavy atom. The lowest BCUT2D eigenvalue weighted by Gasteiger charge is -2.43. The van der Waals surface area contributed by atoms with Crippen molar-refractivity contribution in [2.75, 3.05) is 32.7 Å². The predicted molar refractivity (Wildman–Crippen MR) is 90.6 cm³/mol. The summed E-state index contributed by atoms with van der Waals surface area (Å²) in [6.07, 6.45) is -3.09. The van der Waals surface area contributed by atoms with E-state index in [4.69, 9.17) is 11.6 Å². The number of rotatable bonds is 4. The molecular weight excluding hydrogens is 389 g/mol. The summed E-state index contributed by atoms with van der Waals surface area (Å²) in [6.45, 7) is 1.47. The molecular formula is C16H24ClF3N4O3. The molecule has 4 unspecified atom stereocenters. The largest absolute Gasteiger partial charge is 0.522 e. The first-order chi connectivity index (χ1) is 12.7. The van der Waals surface area contributed by atoms with E-state index in [0.717, 1.165) is 6.42 Å². The lowest BCUT2D eigenvalue weighted by atomic mass is 9.86. The molecule has 2 heterocycles. The monoisotopic (exact) mass is 412 g/mol. The molecule has 2 saturated heterocycles. The van der Waals surface area contributed by atoms with Crippen molar-refractivity contribution in [3.63, 3.8) is 0 Å². The highest BCUT2D eigenvalue weighted by molar-refractivity contribution is 6.23. The highest BCUT2D eigenvalue weighted by atomic mass is 35.5. The maximum Gasteiger partial charge on any atom is 0.522 e. The highest BCUT2D eigenvalue weighted by Gasteiger charge is 2.42. The fourth-order valence-electron chi connectivity index (χ4n) is 4.13. The van der Waals surface area contributed by atoms with Gasteiger partial charge in [-0.2, -0.15) is 0 Å². The van der Waals surface area contributed by atoms with Crippen LogP contribution in [0.4, 0.5) is 13.2 Å².